The summed E-state index contributed by atoms with van der Waals surface area (Å²) in [6.07, 6.45) is 1.19. The molecule has 0 amide bonds. The largest absolute Gasteiger partial charge is 0.316 e. The summed E-state index contributed by atoms with van der Waals surface area (Å²) in [7, 11) is -2.81. The van der Waals surface area contributed by atoms with Crippen molar-refractivity contribution in [1.29, 1.82) is 0 Å². The van der Waals surface area contributed by atoms with Crippen LogP contribution >= 0.6 is 11.3 Å². The Labute approximate surface area is 93.4 Å². The van der Waals surface area contributed by atoms with E-state index in [0.29, 0.717) is 5.92 Å². The molecule has 0 spiro atoms. The van der Waals surface area contributed by atoms with Gasteiger partial charge in [-0.2, -0.15) is 0 Å². The van der Waals surface area contributed by atoms with Gasteiger partial charge in [0.15, 0.2) is 9.84 Å². The van der Waals surface area contributed by atoms with Crippen LogP contribution in [-0.4, -0.2) is 21.5 Å². The summed E-state index contributed by atoms with van der Waals surface area (Å²) in [5.74, 6) is 1.15. The van der Waals surface area contributed by atoms with Crippen molar-refractivity contribution in [2.75, 3.05) is 13.1 Å². The van der Waals surface area contributed by atoms with Gasteiger partial charge in [0.2, 0.25) is 0 Å². The standard InChI is InChI=1S/C10H13NO2S2/c12-15(13)5-8-3-9(14-10(8)6-15)7-1-2-11-4-7/h3,7,11H,1-2,4-6H2. The third kappa shape index (κ3) is 1.73. The highest BCUT2D eigenvalue weighted by Gasteiger charge is 2.29. The van der Waals surface area contributed by atoms with Gasteiger partial charge in [-0.25, -0.2) is 8.42 Å². The number of nitrogens with one attached hydrogen (secondary N) is 1. The highest BCUT2D eigenvalue weighted by atomic mass is 32.2. The minimum absolute atomic E-state index is 0.263. The molecule has 1 unspecified atom stereocenters. The summed E-state index contributed by atoms with van der Waals surface area (Å²) >= 11 is 1.70. The lowest BCUT2D eigenvalue weighted by atomic mass is 10.1. The minimum atomic E-state index is -2.81. The van der Waals surface area contributed by atoms with E-state index in [4.69, 9.17) is 0 Å². The van der Waals surface area contributed by atoms with Crippen molar-refractivity contribution in [3.05, 3.63) is 21.4 Å². The van der Waals surface area contributed by atoms with Crippen LogP contribution in [0.5, 0.6) is 0 Å². The fourth-order valence-electron chi connectivity index (χ4n) is 2.32. The molecule has 3 heterocycles. The molecular weight excluding hydrogens is 230 g/mol. The molecule has 0 aromatic carbocycles. The van der Waals surface area contributed by atoms with Gasteiger partial charge < -0.3 is 5.32 Å². The SMILES string of the molecule is O=S1(=O)Cc2cc(C3CCNC3)sc2C1. The summed E-state index contributed by atoms with van der Waals surface area (Å²) in [6, 6.07) is 2.11. The molecule has 5 heteroatoms. The fraction of sp³-hybridized carbons (Fsp3) is 0.600. The summed E-state index contributed by atoms with van der Waals surface area (Å²) in [5, 5.41) is 3.34. The third-order valence-electron chi connectivity index (χ3n) is 3.10. The first kappa shape index (κ1) is 9.81. The van der Waals surface area contributed by atoms with Crippen molar-refractivity contribution in [3.63, 3.8) is 0 Å². The average molecular weight is 243 g/mol. The zero-order valence-corrected chi connectivity index (χ0v) is 9.96. The first-order valence-electron chi connectivity index (χ1n) is 5.17. The van der Waals surface area contributed by atoms with Gasteiger partial charge in [-0.05, 0) is 24.6 Å². The van der Waals surface area contributed by atoms with Gasteiger partial charge in [-0.1, -0.05) is 0 Å². The van der Waals surface area contributed by atoms with E-state index in [9.17, 15) is 8.42 Å². The second-order valence-corrected chi connectivity index (χ2v) is 7.55. The number of hydrogen-bond donors (Lipinski definition) is 1. The number of hydrogen-bond acceptors (Lipinski definition) is 4. The summed E-state index contributed by atoms with van der Waals surface area (Å²) in [6.45, 7) is 2.14. The second-order valence-electron chi connectivity index (χ2n) is 4.32. The van der Waals surface area contributed by atoms with E-state index in [2.05, 4.69) is 11.4 Å². The van der Waals surface area contributed by atoms with Crippen LogP contribution in [0, 0.1) is 0 Å². The second kappa shape index (κ2) is 3.30. The molecule has 15 heavy (non-hydrogen) atoms. The van der Waals surface area contributed by atoms with Crippen molar-refractivity contribution in [3.8, 4) is 0 Å². The Hall–Kier alpha value is -0.390. The maximum absolute atomic E-state index is 11.4. The molecule has 2 aliphatic rings. The predicted octanol–water partition coefficient (Wildman–Crippen LogP) is 1.25. The van der Waals surface area contributed by atoms with Crippen molar-refractivity contribution >= 4 is 21.2 Å². The van der Waals surface area contributed by atoms with Crippen LogP contribution in [-0.2, 0) is 21.3 Å². The number of rotatable bonds is 1. The van der Waals surface area contributed by atoms with Crippen LogP contribution in [0.4, 0.5) is 0 Å². The molecule has 1 saturated heterocycles. The molecule has 0 radical (unpaired) electrons. The van der Waals surface area contributed by atoms with E-state index < -0.39 is 9.84 Å². The molecule has 1 aromatic heterocycles. The normalized spacial score (nSPS) is 28.1. The number of sulfone groups is 1. The molecule has 2 aliphatic heterocycles. The Balaban J connectivity index is 1.91. The van der Waals surface area contributed by atoms with Crippen LogP contribution in [0.15, 0.2) is 6.07 Å². The summed E-state index contributed by atoms with van der Waals surface area (Å²) < 4.78 is 22.8. The summed E-state index contributed by atoms with van der Waals surface area (Å²) in [4.78, 5) is 2.46. The van der Waals surface area contributed by atoms with Gasteiger partial charge in [0.05, 0.1) is 11.5 Å². The molecule has 3 nitrogen and oxygen atoms in total. The molecule has 1 fully saturated rings. The van der Waals surface area contributed by atoms with E-state index in [1.54, 1.807) is 11.3 Å². The van der Waals surface area contributed by atoms with Gasteiger partial charge in [-0.3, -0.25) is 0 Å². The highest BCUT2D eigenvalue weighted by Crippen LogP contribution is 2.37. The highest BCUT2D eigenvalue weighted by molar-refractivity contribution is 7.90. The lowest BCUT2D eigenvalue weighted by molar-refractivity contribution is 0.598. The smallest absolute Gasteiger partial charge is 0.159 e. The van der Waals surface area contributed by atoms with Crippen molar-refractivity contribution < 1.29 is 8.42 Å². The van der Waals surface area contributed by atoms with Gasteiger partial charge in [0, 0.05) is 22.2 Å². The lowest BCUT2D eigenvalue weighted by Gasteiger charge is -2.03. The summed E-state index contributed by atoms with van der Waals surface area (Å²) in [5.41, 5.74) is 1.06. The number of fused-ring (bicyclic) bond motifs is 1. The van der Waals surface area contributed by atoms with Gasteiger partial charge in [0.1, 0.15) is 0 Å². The Morgan fingerprint density at radius 1 is 1.40 bits per heavy atom. The van der Waals surface area contributed by atoms with E-state index in [1.807, 2.05) is 0 Å². The predicted molar refractivity (Wildman–Crippen MR) is 60.9 cm³/mol. The van der Waals surface area contributed by atoms with Crippen LogP contribution < -0.4 is 5.32 Å². The quantitative estimate of drug-likeness (QED) is 0.807. The third-order valence-corrected chi connectivity index (χ3v) is 6.11. The molecule has 1 atom stereocenters. The van der Waals surface area contributed by atoms with Crippen LogP contribution in [0.25, 0.3) is 0 Å². The minimum Gasteiger partial charge on any atom is -0.316 e. The first-order valence-corrected chi connectivity index (χ1v) is 7.80. The number of thiophene rings is 1. The van der Waals surface area contributed by atoms with Gasteiger partial charge in [-0.15, -0.1) is 11.3 Å². The van der Waals surface area contributed by atoms with E-state index in [0.717, 1.165) is 23.5 Å². The Morgan fingerprint density at radius 2 is 2.27 bits per heavy atom. The van der Waals surface area contributed by atoms with Crippen LogP contribution in [0.2, 0.25) is 0 Å². The van der Waals surface area contributed by atoms with Crippen LogP contribution in [0.3, 0.4) is 0 Å². The molecule has 0 saturated carbocycles. The average Bonchev–Trinajstić information content (AvgIpc) is 2.74. The van der Waals surface area contributed by atoms with E-state index >= 15 is 0 Å². The van der Waals surface area contributed by atoms with Crippen molar-refractivity contribution in [2.24, 2.45) is 0 Å². The van der Waals surface area contributed by atoms with Crippen LogP contribution in [0.1, 0.15) is 27.7 Å². The van der Waals surface area contributed by atoms with E-state index in [1.165, 1.54) is 11.3 Å². The first-order chi connectivity index (χ1) is 7.14. The fourth-order valence-corrected chi connectivity index (χ4v) is 5.72. The van der Waals surface area contributed by atoms with Gasteiger partial charge >= 0.3 is 0 Å². The monoisotopic (exact) mass is 243 g/mol. The molecular formula is C10H13NO2S2. The molecule has 0 bridgehead atoms. The molecule has 3 rings (SSSR count). The Bertz CT molecular complexity index is 454. The molecule has 1 aromatic rings. The van der Waals surface area contributed by atoms with E-state index in [-0.39, 0.29) is 11.5 Å². The van der Waals surface area contributed by atoms with Gasteiger partial charge in [0.25, 0.3) is 0 Å². The van der Waals surface area contributed by atoms with Crippen molar-refractivity contribution in [2.45, 2.75) is 23.8 Å². The maximum Gasteiger partial charge on any atom is 0.159 e. The lowest BCUT2D eigenvalue weighted by Crippen LogP contribution is -2.07. The Morgan fingerprint density at radius 3 is 2.93 bits per heavy atom. The topological polar surface area (TPSA) is 46.2 Å². The molecule has 0 aliphatic carbocycles. The zero-order chi connectivity index (χ0) is 10.5. The zero-order valence-electron chi connectivity index (χ0n) is 8.32. The maximum atomic E-state index is 11.4. The Kier molecular flexibility index (Phi) is 2.16. The van der Waals surface area contributed by atoms with Crippen molar-refractivity contribution in [1.82, 2.24) is 5.32 Å². The molecule has 82 valence electrons. The molecule has 1 N–H and O–H groups in total.